The van der Waals surface area contributed by atoms with E-state index in [1.54, 1.807) is 44.2 Å². The highest BCUT2D eigenvalue weighted by Crippen LogP contribution is 2.25. The van der Waals surface area contributed by atoms with Crippen molar-refractivity contribution in [2.24, 2.45) is 11.1 Å². The number of nitrogens with one attached hydrogen (secondary N) is 1. The van der Waals surface area contributed by atoms with E-state index < -0.39 is 34.6 Å². The van der Waals surface area contributed by atoms with Gasteiger partial charge in [0.25, 0.3) is 11.1 Å². The maximum Gasteiger partial charge on any atom is 0.573 e. The summed E-state index contributed by atoms with van der Waals surface area (Å²) in [5.41, 5.74) is 3.80. The molecule has 3 N–H and O–H groups in total. The third kappa shape index (κ3) is 5.47. The van der Waals surface area contributed by atoms with Crippen LogP contribution in [0.2, 0.25) is 0 Å². The normalized spacial score (nSPS) is 11.9. The lowest BCUT2D eigenvalue weighted by Gasteiger charge is -2.22. The van der Waals surface area contributed by atoms with Gasteiger partial charge in [-0.15, -0.1) is 18.3 Å². The van der Waals surface area contributed by atoms with Gasteiger partial charge in [-0.2, -0.15) is 4.68 Å². The van der Waals surface area contributed by atoms with E-state index in [4.69, 9.17) is 5.73 Å². The lowest BCUT2D eigenvalue weighted by Crippen LogP contribution is -2.38. The molecule has 0 saturated heterocycles. The Morgan fingerprint density at radius 1 is 0.973 bits per heavy atom. The standard InChI is InChI=1S/C25H22F3N5O4/c1-24(2,23(29)36)14-32-13-5-8-19(22(32)35)30-20-17-6-3-4-7-18(17)21(34)33(31-20)15-9-11-16(12-10-15)37-25(26,27)28/h3-13H,14H2,1-2H3,(H2,29,36)(H,30,31). The fourth-order valence-electron chi connectivity index (χ4n) is 3.63. The van der Waals surface area contributed by atoms with Crippen LogP contribution in [0.25, 0.3) is 16.5 Å². The molecule has 4 aromatic rings. The number of benzene rings is 2. The van der Waals surface area contributed by atoms with Crippen LogP contribution in [0, 0.1) is 5.41 Å². The highest BCUT2D eigenvalue weighted by Gasteiger charge is 2.31. The van der Waals surface area contributed by atoms with E-state index in [1.165, 1.54) is 29.0 Å². The predicted molar refractivity (Wildman–Crippen MR) is 131 cm³/mol. The maximum absolute atomic E-state index is 13.1. The molecule has 2 aromatic heterocycles. The molecular formula is C25H22F3N5O4. The molecule has 0 unspecified atom stereocenters. The second-order valence-electron chi connectivity index (χ2n) is 8.88. The monoisotopic (exact) mass is 513 g/mol. The number of ether oxygens (including phenoxy) is 1. The number of fused-ring (bicyclic) bond motifs is 1. The fourth-order valence-corrected chi connectivity index (χ4v) is 3.63. The summed E-state index contributed by atoms with van der Waals surface area (Å²) in [4.78, 5) is 38.0. The van der Waals surface area contributed by atoms with Gasteiger partial charge in [0.2, 0.25) is 5.91 Å². The Morgan fingerprint density at radius 2 is 1.62 bits per heavy atom. The van der Waals surface area contributed by atoms with Crippen molar-refractivity contribution >= 4 is 28.2 Å². The number of nitrogens with two attached hydrogens (primary N) is 1. The second kappa shape index (κ2) is 9.45. The number of halogens is 3. The first-order valence-electron chi connectivity index (χ1n) is 11.0. The average Bonchev–Trinajstić information content (AvgIpc) is 2.83. The number of hydrogen-bond donors (Lipinski definition) is 2. The summed E-state index contributed by atoms with van der Waals surface area (Å²) in [5.74, 6) is -0.855. The molecule has 0 spiro atoms. The molecule has 0 radical (unpaired) electrons. The number of alkyl halides is 3. The van der Waals surface area contributed by atoms with Gasteiger partial charge in [0.05, 0.1) is 16.5 Å². The highest BCUT2D eigenvalue weighted by molar-refractivity contribution is 5.92. The molecule has 1 amide bonds. The molecular weight excluding hydrogens is 491 g/mol. The van der Waals surface area contributed by atoms with Crippen molar-refractivity contribution in [3.63, 3.8) is 0 Å². The average molecular weight is 513 g/mol. The van der Waals surface area contributed by atoms with Crippen LogP contribution in [0.4, 0.5) is 24.7 Å². The zero-order valence-corrected chi connectivity index (χ0v) is 19.7. The zero-order chi connectivity index (χ0) is 27.0. The SMILES string of the molecule is CC(C)(Cn1cccc(Nc2nn(-c3ccc(OC(F)(F)F)cc3)c(=O)c3ccccc23)c1=O)C(N)=O. The second-order valence-corrected chi connectivity index (χ2v) is 8.88. The van der Waals surface area contributed by atoms with E-state index in [9.17, 15) is 27.6 Å². The Hall–Kier alpha value is -4.61. The molecule has 2 heterocycles. The number of anilines is 2. The molecule has 4 rings (SSSR count). The van der Waals surface area contributed by atoms with Crippen LogP contribution in [-0.4, -0.2) is 26.6 Å². The summed E-state index contributed by atoms with van der Waals surface area (Å²) in [7, 11) is 0. The minimum absolute atomic E-state index is 0.0384. The molecule has 9 nitrogen and oxygen atoms in total. The molecule has 0 fully saturated rings. The molecule has 0 atom stereocenters. The van der Waals surface area contributed by atoms with Crippen molar-refractivity contribution in [2.45, 2.75) is 26.8 Å². The van der Waals surface area contributed by atoms with Crippen molar-refractivity contribution in [3.05, 3.63) is 87.6 Å². The number of nitrogens with zero attached hydrogens (tertiary/aromatic N) is 3. The lowest BCUT2D eigenvalue weighted by atomic mass is 9.92. The predicted octanol–water partition coefficient (Wildman–Crippen LogP) is 3.70. The molecule has 0 aliphatic heterocycles. The molecule has 0 aliphatic rings. The van der Waals surface area contributed by atoms with Gasteiger partial charge in [-0.1, -0.05) is 18.2 Å². The van der Waals surface area contributed by atoms with Crippen LogP contribution < -0.4 is 26.9 Å². The quantitative estimate of drug-likeness (QED) is 0.389. The largest absolute Gasteiger partial charge is 0.573 e. The summed E-state index contributed by atoms with van der Waals surface area (Å²) < 4.78 is 43.8. The maximum atomic E-state index is 13.1. The van der Waals surface area contributed by atoms with Crippen LogP contribution >= 0.6 is 0 Å². The lowest BCUT2D eigenvalue weighted by molar-refractivity contribution is -0.274. The molecule has 0 bridgehead atoms. The zero-order valence-electron chi connectivity index (χ0n) is 19.7. The van der Waals surface area contributed by atoms with Crippen LogP contribution in [0.3, 0.4) is 0 Å². The first-order chi connectivity index (χ1) is 17.4. The molecule has 2 aromatic carbocycles. The number of rotatable bonds is 7. The first kappa shape index (κ1) is 25.5. The third-order valence-corrected chi connectivity index (χ3v) is 5.63. The van der Waals surface area contributed by atoms with Crippen LogP contribution in [0.1, 0.15) is 13.8 Å². The van der Waals surface area contributed by atoms with Gasteiger partial charge in [0.1, 0.15) is 11.4 Å². The van der Waals surface area contributed by atoms with E-state index >= 15 is 0 Å². The number of aromatic nitrogens is 3. The number of hydrogen-bond acceptors (Lipinski definition) is 6. The van der Waals surface area contributed by atoms with Gasteiger partial charge in [0, 0.05) is 18.1 Å². The Balaban J connectivity index is 1.78. The van der Waals surface area contributed by atoms with Crippen molar-refractivity contribution in [1.82, 2.24) is 14.3 Å². The van der Waals surface area contributed by atoms with E-state index in [2.05, 4.69) is 15.2 Å². The van der Waals surface area contributed by atoms with Gasteiger partial charge >= 0.3 is 6.36 Å². The van der Waals surface area contributed by atoms with E-state index in [-0.39, 0.29) is 29.1 Å². The van der Waals surface area contributed by atoms with Gasteiger partial charge < -0.3 is 20.4 Å². The number of pyridine rings is 1. The van der Waals surface area contributed by atoms with Crippen molar-refractivity contribution < 1.29 is 22.7 Å². The minimum atomic E-state index is -4.86. The Kier molecular flexibility index (Phi) is 6.51. The molecule has 0 aliphatic carbocycles. The number of carbonyl (C=O) groups excluding carboxylic acids is 1. The van der Waals surface area contributed by atoms with E-state index in [0.29, 0.717) is 5.39 Å². The van der Waals surface area contributed by atoms with Gasteiger partial charge in [-0.05, 0) is 56.3 Å². The van der Waals surface area contributed by atoms with E-state index in [0.717, 1.165) is 16.8 Å². The molecule has 12 heteroatoms. The highest BCUT2D eigenvalue weighted by atomic mass is 19.4. The summed E-state index contributed by atoms with van der Waals surface area (Å²) in [6.07, 6.45) is -3.33. The first-order valence-corrected chi connectivity index (χ1v) is 11.0. The minimum Gasteiger partial charge on any atom is -0.406 e. The smallest absolute Gasteiger partial charge is 0.406 e. The van der Waals surface area contributed by atoms with Crippen molar-refractivity contribution in [1.29, 1.82) is 0 Å². The molecule has 37 heavy (non-hydrogen) atoms. The van der Waals surface area contributed by atoms with Crippen LogP contribution in [0.15, 0.2) is 76.4 Å². The topological polar surface area (TPSA) is 121 Å². The summed E-state index contributed by atoms with van der Waals surface area (Å²) in [5, 5.41) is 8.00. The van der Waals surface area contributed by atoms with Gasteiger partial charge in [-0.25, -0.2) is 0 Å². The Bertz CT molecular complexity index is 1590. The molecule has 192 valence electrons. The summed E-state index contributed by atoms with van der Waals surface area (Å²) in [6.45, 7) is 3.28. The van der Waals surface area contributed by atoms with Crippen molar-refractivity contribution in [3.8, 4) is 11.4 Å². The summed E-state index contributed by atoms with van der Waals surface area (Å²) in [6, 6.07) is 14.3. The third-order valence-electron chi connectivity index (χ3n) is 5.63. The fraction of sp³-hybridized carbons (Fsp3) is 0.200. The molecule has 0 saturated carbocycles. The summed E-state index contributed by atoms with van der Waals surface area (Å²) >= 11 is 0. The van der Waals surface area contributed by atoms with Crippen molar-refractivity contribution in [2.75, 3.05) is 5.32 Å². The van der Waals surface area contributed by atoms with Gasteiger partial charge in [0.15, 0.2) is 5.82 Å². The van der Waals surface area contributed by atoms with Crippen LogP contribution in [-0.2, 0) is 11.3 Å². The Labute approximate surface area is 207 Å². The number of amides is 1. The van der Waals surface area contributed by atoms with Crippen LogP contribution in [0.5, 0.6) is 5.75 Å². The number of primary amides is 1. The Morgan fingerprint density at radius 3 is 2.24 bits per heavy atom. The van der Waals surface area contributed by atoms with E-state index in [1.807, 2.05) is 0 Å². The number of carbonyl (C=O) groups is 1. The van der Waals surface area contributed by atoms with Gasteiger partial charge in [-0.3, -0.25) is 14.4 Å².